The Kier molecular flexibility index (Phi) is 6.74. The van der Waals surface area contributed by atoms with E-state index in [1.165, 1.54) is 24.8 Å². The number of carbonyl (C=O) groups excluding carboxylic acids is 2. The molecule has 1 saturated heterocycles. The lowest BCUT2D eigenvalue weighted by Crippen LogP contribution is -2.38. The number of phenolic OH excluding ortho intramolecular Hbond substituents is 1. The molecule has 1 fully saturated rings. The van der Waals surface area contributed by atoms with Gasteiger partial charge in [0.1, 0.15) is 5.75 Å². The van der Waals surface area contributed by atoms with Crippen molar-refractivity contribution in [3.8, 4) is 5.75 Å². The molecule has 4 N–H and O–H groups in total. The highest BCUT2D eigenvalue weighted by Crippen LogP contribution is 2.32. The monoisotopic (exact) mass is 417 g/mol. The molecule has 0 radical (unpaired) electrons. The van der Waals surface area contributed by atoms with Crippen molar-refractivity contribution in [3.63, 3.8) is 0 Å². The van der Waals surface area contributed by atoms with Crippen molar-refractivity contribution >= 4 is 23.4 Å². The van der Waals surface area contributed by atoms with Gasteiger partial charge < -0.3 is 15.7 Å². The maximum atomic E-state index is 12.9. The van der Waals surface area contributed by atoms with Crippen molar-refractivity contribution < 1.29 is 19.5 Å². The van der Waals surface area contributed by atoms with Gasteiger partial charge in [-0.1, -0.05) is 35.9 Å². The second kappa shape index (κ2) is 9.26. The van der Waals surface area contributed by atoms with E-state index in [0.717, 1.165) is 18.4 Å². The Labute approximate surface area is 174 Å². The maximum Gasteiger partial charge on any atom is 0.278 e. The van der Waals surface area contributed by atoms with Crippen LogP contribution in [0.1, 0.15) is 50.6 Å². The predicted octanol–water partition coefficient (Wildman–Crippen LogP) is 2.82. The molecule has 8 heteroatoms. The van der Waals surface area contributed by atoms with E-state index in [1.54, 1.807) is 4.90 Å². The molecule has 2 amide bonds. The number of phenols is 1. The SMILES string of the molecule is CONC(=O)c1cc(C(=O)N2CCC(c3cccc(CN)c3)CC2)cc(Cl)c1O. The van der Waals surface area contributed by atoms with Crippen LogP contribution in [0.4, 0.5) is 0 Å². The summed E-state index contributed by atoms with van der Waals surface area (Å²) in [6.45, 7) is 1.69. The molecule has 0 saturated carbocycles. The Hall–Kier alpha value is -2.61. The first-order chi connectivity index (χ1) is 13.9. The number of nitrogens with two attached hydrogens (primary N) is 1. The fourth-order valence-electron chi connectivity index (χ4n) is 3.62. The lowest BCUT2D eigenvalue weighted by Gasteiger charge is -2.32. The summed E-state index contributed by atoms with van der Waals surface area (Å²) in [5.41, 5.74) is 10.3. The first-order valence-electron chi connectivity index (χ1n) is 9.38. The third kappa shape index (κ3) is 4.70. The Balaban J connectivity index is 1.73. The van der Waals surface area contributed by atoms with Gasteiger partial charge in [-0.25, -0.2) is 5.48 Å². The number of hydrogen-bond acceptors (Lipinski definition) is 5. The Bertz CT molecular complexity index is 911. The minimum atomic E-state index is -0.681. The number of likely N-dealkylation sites (tertiary alicyclic amines) is 1. The normalized spacial score (nSPS) is 14.7. The Morgan fingerprint density at radius 3 is 2.66 bits per heavy atom. The number of rotatable bonds is 5. The molecular weight excluding hydrogens is 394 g/mol. The fraction of sp³-hybridized carbons (Fsp3) is 0.333. The van der Waals surface area contributed by atoms with Gasteiger partial charge in [-0.3, -0.25) is 14.4 Å². The van der Waals surface area contributed by atoms with E-state index < -0.39 is 11.7 Å². The Morgan fingerprint density at radius 1 is 1.28 bits per heavy atom. The van der Waals surface area contributed by atoms with Crippen molar-refractivity contribution in [2.45, 2.75) is 25.3 Å². The molecule has 0 bridgehead atoms. The number of halogens is 1. The molecule has 29 heavy (non-hydrogen) atoms. The molecule has 2 aromatic carbocycles. The Morgan fingerprint density at radius 2 is 2.00 bits per heavy atom. The third-order valence-corrected chi connectivity index (χ3v) is 5.48. The highest BCUT2D eigenvalue weighted by molar-refractivity contribution is 6.33. The van der Waals surface area contributed by atoms with Gasteiger partial charge in [0.2, 0.25) is 0 Å². The summed E-state index contributed by atoms with van der Waals surface area (Å²) in [7, 11) is 1.28. The number of amides is 2. The van der Waals surface area contributed by atoms with Crippen LogP contribution in [0.5, 0.6) is 5.75 Å². The molecule has 154 valence electrons. The van der Waals surface area contributed by atoms with Crippen LogP contribution in [0.15, 0.2) is 36.4 Å². The van der Waals surface area contributed by atoms with Crippen LogP contribution in [0, 0.1) is 0 Å². The van der Waals surface area contributed by atoms with E-state index in [-0.39, 0.29) is 22.1 Å². The quantitative estimate of drug-likeness (QED) is 0.649. The summed E-state index contributed by atoms with van der Waals surface area (Å²) in [4.78, 5) is 31.3. The lowest BCUT2D eigenvalue weighted by molar-refractivity contribution is 0.0535. The van der Waals surface area contributed by atoms with Gasteiger partial charge >= 0.3 is 0 Å². The molecule has 1 aliphatic heterocycles. The van der Waals surface area contributed by atoms with Crippen molar-refractivity contribution in [1.29, 1.82) is 0 Å². The average molecular weight is 418 g/mol. The molecule has 1 heterocycles. The zero-order valence-corrected chi connectivity index (χ0v) is 16.9. The van der Waals surface area contributed by atoms with E-state index in [4.69, 9.17) is 17.3 Å². The molecule has 0 spiro atoms. The molecular formula is C21H24ClN3O4. The number of nitrogens with zero attached hydrogens (tertiary/aromatic N) is 1. The number of piperidine rings is 1. The van der Waals surface area contributed by atoms with Gasteiger partial charge in [0.15, 0.2) is 0 Å². The number of hydrogen-bond donors (Lipinski definition) is 3. The minimum Gasteiger partial charge on any atom is -0.506 e. The van der Waals surface area contributed by atoms with Gasteiger partial charge in [-0.15, -0.1) is 0 Å². The topological polar surface area (TPSA) is 105 Å². The van der Waals surface area contributed by atoms with Crippen molar-refractivity contribution in [1.82, 2.24) is 10.4 Å². The molecule has 3 rings (SSSR count). The zero-order valence-electron chi connectivity index (χ0n) is 16.2. The number of nitrogens with one attached hydrogen (secondary N) is 1. The summed E-state index contributed by atoms with van der Waals surface area (Å²) in [6.07, 6.45) is 1.67. The van der Waals surface area contributed by atoms with E-state index in [0.29, 0.717) is 25.6 Å². The maximum absolute atomic E-state index is 12.9. The molecule has 0 atom stereocenters. The van der Waals surface area contributed by atoms with E-state index in [2.05, 4.69) is 22.5 Å². The van der Waals surface area contributed by atoms with Crippen molar-refractivity contribution in [2.24, 2.45) is 5.73 Å². The van der Waals surface area contributed by atoms with E-state index in [1.807, 2.05) is 12.1 Å². The predicted molar refractivity (Wildman–Crippen MR) is 110 cm³/mol. The van der Waals surface area contributed by atoms with Gasteiger partial charge in [-0.2, -0.15) is 0 Å². The standard InChI is InChI=1S/C21H24ClN3O4/c1-29-24-20(27)17-10-16(11-18(22)19(17)26)21(28)25-7-5-14(6-8-25)15-4-2-3-13(9-15)12-23/h2-4,9-11,14,26H,5-8,12,23H2,1H3,(H,24,27). The summed E-state index contributed by atoms with van der Waals surface area (Å²) in [5.74, 6) is -0.930. The van der Waals surface area contributed by atoms with Gasteiger partial charge in [0.25, 0.3) is 11.8 Å². The van der Waals surface area contributed by atoms with Crippen LogP contribution >= 0.6 is 11.6 Å². The van der Waals surface area contributed by atoms with Crippen LogP contribution in [-0.2, 0) is 11.4 Å². The zero-order chi connectivity index (χ0) is 21.0. The number of aromatic hydroxyl groups is 1. The summed E-state index contributed by atoms with van der Waals surface area (Å²) < 4.78 is 0. The molecule has 0 unspecified atom stereocenters. The number of benzene rings is 2. The highest BCUT2D eigenvalue weighted by atomic mass is 35.5. The van der Waals surface area contributed by atoms with Crippen molar-refractivity contribution in [2.75, 3.05) is 20.2 Å². The van der Waals surface area contributed by atoms with Crippen LogP contribution in [-0.4, -0.2) is 42.0 Å². The van der Waals surface area contributed by atoms with Gasteiger partial charge in [0, 0.05) is 25.2 Å². The average Bonchev–Trinajstić information content (AvgIpc) is 2.75. The van der Waals surface area contributed by atoms with Crippen molar-refractivity contribution in [3.05, 3.63) is 63.7 Å². The molecule has 0 aliphatic carbocycles. The van der Waals surface area contributed by atoms with Crippen LogP contribution in [0.25, 0.3) is 0 Å². The first-order valence-corrected chi connectivity index (χ1v) is 9.76. The smallest absolute Gasteiger partial charge is 0.278 e. The second-order valence-corrected chi connectivity index (χ2v) is 7.41. The van der Waals surface area contributed by atoms with Crippen LogP contribution in [0.3, 0.4) is 0 Å². The number of hydroxylamine groups is 1. The fourth-order valence-corrected chi connectivity index (χ4v) is 3.84. The molecule has 2 aromatic rings. The molecule has 0 aromatic heterocycles. The van der Waals surface area contributed by atoms with Gasteiger partial charge in [-0.05, 0) is 42.0 Å². The minimum absolute atomic E-state index is 0.0643. The third-order valence-electron chi connectivity index (χ3n) is 5.19. The summed E-state index contributed by atoms with van der Waals surface area (Å²) in [5, 5.41) is 9.97. The van der Waals surface area contributed by atoms with Crippen LogP contribution < -0.4 is 11.2 Å². The van der Waals surface area contributed by atoms with Gasteiger partial charge in [0.05, 0.1) is 17.7 Å². The second-order valence-electron chi connectivity index (χ2n) is 7.01. The molecule has 1 aliphatic rings. The van der Waals surface area contributed by atoms with E-state index >= 15 is 0 Å². The summed E-state index contributed by atoms with van der Waals surface area (Å²) in [6, 6.07) is 11.0. The first kappa shape index (κ1) is 21.1. The van der Waals surface area contributed by atoms with Crippen LogP contribution in [0.2, 0.25) is 5.02 Å². The largest absolute Gasteiger partial charge is 0.506 e. The summed E-state index contributed by atoms with van der Waals surface area (Å²) >= 11 is 6.03. The number of carbonyl (C=O) groups is 2. The molecule has 7 nitrogen and oxygen atoms in total. The highest BCUT2D eigenvalue weighted by Gasteiger charge is 2.26. The van der Waals surface area contributed by atoms with E-state index in [9.17, 15) is 14.7 Å². The lowest BCUT2D eigenvalue weighted by atomic mass is 9.88.